The van der Waals surface area contributed by atoms with Crippen molar-refractivity contribution in [3.63, 3.8) is 0 Å². The highest BCUT2D eigenvalue weighted by molar-refractivity contribution is 7.85. The van der Waals surface area contributed by atoms with Crippen molar-refractivity contribution in [3.05, 3.63) is 0 Å². The lowest BCUT2D eigenvalue weighted by atomic mass is 9.68. The molecular weight excluding hydrogens is 242 g/mol. The molecule has 18 heavy (non-hydrogen) atoms. The van der Waals surface area contributed by atoms with Crippen LogP contribution in [-0.4, -0.2) is 28.3 Å². The predicted molar refractivity (Wildman–Crippen MR) is 81.3 cm³/mol. The van der Waals surface area contributed by atoms with Crippen LogP contribution in [0.2, 0.25) is 0 Å². The number of hydrogen-bond acceptors (Lipinski definition) is 2. The fourth-order valence-corrected chi connectivity index (χ4v) is 4.26. The highest BCUT2D eigenvalue weighted by atomic mass is 32.2. The van der Waals surface area contributed by atoms with Gasteiger partial charge in [-0.2, -0.15) is 0 Å². The molecule has 2 nitrogen and oxygen atoms in total. The summed E-state index contributed by atoms with van der Waals surface area (Å²) in [5.41, 5.74) is 0.396. The molecule has 1 fully saturated rings. The zero-order valence-corrected chi connectivity index (χ0v) is 13.6. The molecule has 0 aromatic carbocycles. The normalized spacial score (nSPS) is 31.3. The van der Waals surface area contributed by atoms with Crippen LogP contribution in [0.15, 0.2) is 0 Å². The van der Waals surface area contributed by atoms with Gasteiger partial charge in [-0.3, -0.25) is 4.21 Å². The maximum Gasteiger partial charge on any atom is 0.0501 e. The minimum absolute atomic E-state index is 0.348. The van der Waals surface area contributed by atoms with Crippen LogP contribution in [-0.2, 0) is 10.8 Å². The Bertz CT molecular complexity index is 278. The van der Waals surface area contributed by atoms with Crippen LogP contribution in [0.25, 0.3) is 0 Å². The molecule has 1 aliphatic carbocycles. The van der Waals surface area contributed by atoms with Gasteiger partial charge in [0.25, 0.3) is 0 Å². The lowest BCUT2D eigenvalue weighted by Crippen LogP contribution is -2.48. The molecule has 0 spiro atoms. The van der Waals surface area contributed by atoms with E-state index < -0.39 is 10.8 Å². The Morgan fingerprint density at radius 2 is 1.94 bits per heavy atom. The van der Waals surface area contributed by atoms with Gasteiger partial charge in [-0.05, 0) is 43.6 Å². The molecule has 0 saturated heterocycles. The molecule has 0 aromatic rings. The van der Waals surface area contributed by atoms with Crippen molar-refractivity contribution in [3.8, 4) is 0 Å². The summed E-state index contributed by atoms with van der Waals surface area (Å²) in [4.78, 5) is 0. The van der Waals surface area contributed by atoms with E-state index in [1.165, 1.54) is 19.3 Å². The van der Waals surface area contributed by atoms with Crippen LogP contribution < -0.4 is 5.32 Å². The molecule has 0 bridgehead atoms. The first-order valence-electron chi connectivity index (χ1n) is 7.48. The summed E-state index contributed by atoms with van der Waals surface area (Å²) in [7, 11) is -0.706. The van der Waals surface area contributed by atoms with Gasteiger partial charge in [-0.1, -0.05) is 34.1 Å². The molecule has 4 atom stereocenters. The average Bonchev–Trinajstić information content (AvgIpc) is 2.35. The summed E-state index contributed by atoms with van der Waals surface area (Å²) in [5.74, 6) is 0.732. The van der Waals surface area contributed by atoms with E-state index in [0.29, 0.717) is 16.7 Å². The van der Waals surface area contributed by atoms with Gasteiger partial charge in [-0.15, -0.1) is 0 Å². The van der Waals surface area contributed by atoms with Crippen LogP contribution in [0.1, 0.15) is 59.8 Å². The third-order valence-electron chi connectivity index (χ3n) is 4.89. The first kappa shape index (κ1) is 16.2. The molecule has 1 N–H and O–H groups in total. The second-order valence-corrected chi connectivity index (χ2v) is 8.05. The fraction of sp³-hybridized carbons (Fsp3) is 1.00. The monoisotopic (exact) mass is 273 g/mol. The van der Waals surface area contributed by atoms with Crippen molar-refractivity contribution in [2.75, 3.05) is 12.8 Å². The summed E-state index contributed by atoms with van der Waals surface area (Å²) in [6.07, 6.45) is 7.86. The van der Waals surface area contributed by atoms with Gasteiger partial charge in [0.15, 0.2) is 0 Å². The standard InChI is InChI=1S/C15H31NOS/c1-6-10-16-13-9-8-12(15(3,4)7-2)11-14(13)18(5)17/h12-14,16H,6-11H2,1-5H3. The van der Waals surface area contributed by atoms with Gasteiger partial charge in [-0.25, -0.2) is 0 Å². The van der Waals surface area contributed by atoms with Gasteiger partial charge in [0, 0.05) is 23.1 Å². The van der Waals surface area contributed by atoms with Gasteiger partial charge in [0.1, 0.15) is 0 Å². The Labute approximate surface area is 116 Å². The maximum absolute atomic E-state index is 12.0. The first-order valence-corrected chi connectivity index (χ1v) is 9.10. The van der Waals surface area contributed by atoms with Crippen molar-refractivity contribution in [2.45, 2.75) is 71.1 Å². The number of rotatable bonds is 6. The van der Waals surface area contributed by atoms with E-state index in [-0.39, 0.29) is 0 Å². The number of nitrogens with one attached hydrogen (secondary N) is 1. The van der Waals surface area contributed by atoms with Crippen molar-refractivity contribution in [2.24, 2.45) is 11.3 Å². The van der Waals surface area contributed by atoms with E-state index >= 15 is 0 Å². The van der Waals surface area contributed by atoms with Crippen molar-refractivity contribution in [1.82, 2.24) is 5.32 Å². The average molecular weight is 273 g/mol. The van der Waals surface area contributed by atoms with E-state index in [1.54, 1.807) is 0 Å². The SMILES string of the molecule is CCCNC1CCC(C(C)(C)CC)CC1S(C)=O. The van der Waals surface area contributed by atoms with Crippen LogP contribution in [0.5, 0.6) is 0 Å². The molecule has 1 saturated carbocycles. The second-order valence-electron chi connectivity index (χ2n) is 6.45. The quantitative estimate of drug-likeness (QED) is 0.804. The molecule has 108 valence electrons. The third kappa shape index (κ3) is 4.06. The van der Waals surface area contributed by atoms with Crippen LogP contribution >= 0.6 is 0 Å². The predicted octanol–water partition coefficient (Wildman–Crippen LogP) is 3.34. The lowest BCUT2D eigenvalue weighted by Gasteiger charge is -2.42. The molecule has 4 unspecified atom stereocenters. The van der Waals surface area contributed by atoms with Crippen molar-refractivity contribution < 1.29 is 4.21 Å². The highest BCUT2D eigenvalue weighted by Gasteiger charge is 2.38. The Morgan fingerprint density at radius 1 is 1.28 bits per heavy atom. The van der Waals surface area contributed by atoms with Gasteiger partial charge in [0.05, 0.1) is 5.25 Å². The molecule has 0 aromatic heterocycles. The van der Waals surface area contributed by atoms with Crippen LogP contribution in [0.3, 0.4) is 0 Å². The molecule has 0 amide bonds. The van der Waals surface area contributed by atoms with Gasteiger partial charge in [0.2, 0.25) is 0 Å². The van der Waals surface area contributed by atoms with Crippen LogP contribution in [0, 0.1) is 11.3 Å². The summed E-state index contributed by atoms with van der Waals surface area (Å²) < 4.78 is 12.0. The van der Waals surface area contributed by atoms with E-state index in [2.05, 4.69) is 33.0 Å². The Balaban J connectivity index is 2.68. The van der Waals surface area contributed by atoms with Crippen molar-refractivity contribution in [1.29, 1.82) is 0 Å². The summed E-state index contributed by atoms with van der Waals surface area (Å²) in [6, 6.07) is 0.472. The minimum atomic E-state index is -0.706. The molecule has 0 heterocycles. The van der Waals surface area contributed by atoms with E-state index in [9.17, 15) is 4.21 Å². The highest BCUT2D eigenvalue weighted by Crippen LogP contribution is 2.41. The van der Waals surface area contributed by atoms with Gasteiger partial charge >= 0.3 is 0 Å². The topological polar surface area (TPSA) is 29.1 Å². The van der Waals surface area contributed by atoms with E-state index in [4.69, 9.17) is 0 Å². The fourth-order valence-electron chi connectivity index (χ4n) is 3.06. The van der Waals surface area contributed by atoms with Crippen molar-refractivity contribution >= 4 is 10.8 Å². The number of hydrogen-bond donors (Lipinski definition) is 1. The zero-order valence-electron chi connectivity index (χ0n) is 12.8. The van der Waals surface area contributed by atoms with Crippen LogP contribution in [0.4, 0.5) is 0 Å². The Morgan fingerprint density at radius 3 is 2.44 bits per heavy atom. The molecule has 0 aliphatic heterocycles. The third-order valence-corrected chi connectivity index (χ3v) is 6.26. The first-order chi connectivity index (χ1) is 8.42. The Kier molecular flexibility index (Phi) is 6.32. The second kappa shape index (κ2) is 7.04. The summed E-state index contributed by atoms with van der Waals surface area (Å²) >= 11 is 0. The minimum Gasteiger partial charge on any atom is -0.313 e. The van der Waals surface area contributed by atoms with E-state index in [1.807, 2.05) is 6.26 Å². The molecule has 0 radical (unpaired) electrons. The largest absolute Gasteiger partial charge is 0.313 e. The van der Waals surface area contributed by atoms with E-state index in [0.717, 1.165) is 25.3 Å². The maximum atomic E-state index is 12.0. The smallest absolute Gasteiger partial charge is 0.0501 e. The molecular formula is C15H31NOS. The van der Waals surface area contributed by atoms with Gasteiger partial charge < -0.3 is 5.32 Å². The summed E-state index contributed by atoms with van der Waals surface area (Å²) in [5, 5.41) is 3.95. The lowest BCUT2D eigenvalue weighted by molar-refractivity contribution is 0.140. The zero-order chi connectivity index (χ0) is 13.8. The molecule has 1 aliphatic rings. The Hall–Kier alpha value is 0.110. The molecule has 3 heteroatoms. The summed E-state index contributed by atoms with van der Waals surface area (Å²) in [6.45, 7) is 10.3. The molecule has 1 rings (SSSR count).